The van der Waals surface area contributed by atoms with Crippen LogP contribution in [0.3, 0.4) is 0 Å². The molecular formula is C12H16BrNO. The standard InChI is InChI=1S/C12H16BrNO/c1-9-2-3-10(6-12(9)13)7-14-5-4-11(15)8-14/h2-3,6,11,15H,4-5,7-8H2,1H3/t11-/m0/s1. The normalized spacial score (nSPS) is 22.2. The molecule has 1 aliphatic rings. The van der Waals surface area contributed by atoms with E-state index in [1.165, 1.54) is 15.6 Å². The topological polar surface area (TPSA) is 23.5 Å². The highest BCUT2D eigenvalue weighted by Gasteiger charge is 2.19. The predicted molar refractivity (Wildman–Crippen MR) is 64.8 cm³/mol. The number of aliphatic hydroxyl groups excluding tert-OH is 1. The Bertz CT molecular complexity index is 353. The van der Waals surface area contributed by atoms with Crippen LogP contribution in [0.25, 0.3) is 0 Å². The summed E-state index contributed by atoms with van der Waals surface area (Å²) < 4.78 is 1.17. The molecule has 1 heterocycles. The van der Waals surface area contributed by atoms with E-state index in [1.807, 2.05) is 0 Å². The summed E-state index contributed by atoms with van der Waals surface area (Å²) in [6.07, 6.45) is 0.784. The number of rotatable bonds is 2. The summed E-state index contributed by atoms with van der Waals surface area (Å²) in [6, 6.07) is 6.46. The van der Waals surface area contributed by atoms with Gasteiger partial charge in [-0.05, 0) is 30.5 Å². The van der Waals surface area contributed by atoms with Crippen LogP contribution in [0.5, 0.6) is 0 Å². The van der Waals surface area contributed by atoms with E-state index in [0.29, 0.717) is 0 Å². The molecule has 0 saturated carbocycles. The number of aryl methyl sites for hydroxylation is 1. The van der Waals surface area contributed by atoms with E-state index in [-0.39, 0.29) is 6.10 Å². The molecule has 15 heavy (non-hydrogen) atoms. The second-order valence-electron chi connectivity index (χ2n) is 4.26. The van der Waals surface area contributed by atoms with Crippen LogP contribution < -0.4 is 0 Å². The van der Waals surface area contributed by atoms with Crippen LogP contribution in [-0.2, 0) is 6.54 Å². The maximum absolute atomic E-state index is 9.43. The Labute approximate surface area is 99.0 Å². The van der Waals surface area contributed by atoms with Crippen LogP contribution in [0.1, 0.15) is 17.5 Å². The van der Waals surface area contributed by atoms with Crippen molar-refractivity contribution < 1.29 is 5.11 Å². The lowest BCUT2D eigenvalue weighted by molar-refractivity contribution is 0.175. The van der Waals surface area contributed by atoms with Gasteiger partial charge in [0, 0.05) is 24.1 Å². The number of likely N-dealkylation sites (tertiary alicyclic amines) is 1. The van der Waals surface area contributed by atoms with Crippen LogP contribution in [0, 0.1) is 6.92 Å². The van der Waals surface area contributed by atoms with Crippen LogP contribution in [0.2, 0.25) is 0 Å². The molecule has 82 valence electrons. The fourth-order valence-electron chi connectivity index (χ4n) is 1.95. The molecule has 0 radical (unpaired) electrons. The van der Waals surface area contributed by atoms with E-state index in [2.05, 4.69) is 46.0 Å². The number of hydrogen-bond donors (Lipinski definition) is 1. The van der Waals surface area contributed by atoms with Crippen molar-refractivity contribution in [1.29, 1.82) is 0 Å². The van der Waals surface area contributed by atoms with Gasteiger partial charge in [-0.1, -0.05) is 28.1 Å². The van der Waals surface area contributed by atoms with Gasteiger partial charge in [-0.3, -0.25) is 4.90 Å². The molecule has 1 aromatic rings. The van der Waals surface area contributed by atoms with Crippen molar-refractivity contribution in [1.82, 2.24) is 4.90 Å². The van der Waals surface area contributed by atoms with Crippen molar-refractivity contribution in [2.45, 2.75) is 26.0 Å². The number of benzene rings is 1. The van der Waals surface area contributed by atoms with Crippen LogP contribution >= 0.6 is 15.9 Å². The smallest absolute Gasteiger partial charge is 0.0679 e. The molecule has 0 unspecified atom stereocenters. The Hall–Kier alpha value is -0.380. The summed E-state index contributed by atoms with van der Waals surface area (Å²) in [4.78, 5) is 2.29. The molecule has 2 nitrogen and oxygen atoms in total. The lowest BCUT2D eigenvalue weighted by Crippen LogP contribution is -2.21. The van der Waals surface area contributed by atoms with E-state index in [4.69, 9.17) is 0 Å². The summed E-state index contributed by atoms with van der Waals surface area (Å²) in [5.41, 5.74) is 2.57. The number of β-amino-alcohol motifs (C(OH)–C–C–N with tert-alkyl or cyclic N) is 1. The first-order chi connectivity index (χ1) is 7.15. The second kappa shape index (κ2) is 4.64. The number of hydrogen-bond acceptors (Lipinski definition) is 2. The van der Waals surface area contributed by atoms with Gasteiger partial charge in [0.05, 0.1) is 6.10 Å². The minimum atomic E-state index is -0.126. The van der Waals surface area contributed by atoms with E-state index in [9.17, 15) is 5.11 Å². The van der Waals surface area contributed by atoms with Crippen molar-refractivity contribution in [2.75, 3.05) is 13.1 Å². The van der Waals surface area contributed by atoms with Crippen LogP contribution in [0.4, 0.5) is 0 Å². The van der Waals surface area contributed by atoms with Gasteiger partial charge in [0.25, 0.3) is 0 Å². The average Bonchev–Trinajstić information content (AvgIpc) is 2.58. The third-order valence-electron chi connectivity index (χ3n) is 2.89. The zero-order valence-electron chi connectivity index (χ0n) is 8.91. The second-order valence-corrected chi connectivity index (χ2v) is 5.12. The van der Waals surface area contributed by atoms with Gasteiger partial charge in [-0.25, -0.2) is 0 Å². The Balaban J connectivity index is 2.02. The molecule has 1 aromatic carbocycles. The zero-order valence-corrected chi connectivity index (χ0v) is 10.5. The fraction of sp³-hybridized carbons (Fsp3) is 0.500. The lowest BCUT2D eigenvalue weighted by atomic mass is 10.1. The Morgan fingerprint density at radius 2 is 2.33 bits per heavy atom. The largest absolute Gasteiger partial charge is 0.392 e. The van der Waals surface area contributed by atoms with Crippen molar-refractivity contribution in [3.63, 3.8) is 0 Å². The molecule has 0 aliphatic carbocycles. The molecule has 0 spiro atoms. The molecule has 0 bridgehead atoms. The predicted octanol–water partition coefficient (Wildman–Crippen LogP) is 2.32. The Morgan fingerprint density at radius 3 is 2.93 bits per heavy atom. The van der Waals surface area contributed by atoms with Gasteiger partial charge in [0.1, 0.15) is 0 Å². The zero-order chi connectivity index (χ0) is 10.8. The molecule has 0 aromatic heterocycles. The Morgan fingerprint density at radius 1 is 1.53 bits per heavy atom. The maximum Gasteiger partial charge on any atom is 0.0679 e. The molecular weight excluding hydrogens is 254 g/mol. The van der Waals surface area contributed by atoms with E-state index < -0.39 is 0 Å². The number of halogens is 1. The first-order valence-corrected chi connectivity index (χ1v) is 6.10. The SMILES string of the molecule is Cc1ccc(CN2CC[C@H](O)C2)cc1Br. The van der Waals surface area contributed by atoms with Gasteiger partial charge >= 0.3 is 0 Å². The van der Waals surface area contributed by atoms with E-state index in [1.54, 1.807) is 0 Å². The summed E-state index contributed by atoms with van der Waals surface area (Å²) in [5.74, 6) is 0. The molecule has 3 heteroatoms. The molecule has 1 N–H and O–H groups in total. The van der Waals surface area contributed by atoms with Gasteiger partial charge in [0.15, 0.2) is 0 Å². The summed E-state index contributed by atoms with van der Waals surface area (Å²) >= 11 is 3.54. The van der Waals surface area contributed by atoms with E-state index in [0.717, 1.165) is 26.1 Å². The van der Waals surface area contributed by atoms with Crippen LogP contribution in [0.15, 0.2) is 22.7 Å². The first-order valence-electron chi connectivity index (χ1n) is 5.30. The average molecular weight is 270 g/mol. The van der Waals surface area contributed by atoms with Crippen LogP contribution in [-0.4, -0.2) is 29.2 Å². The van der Waals surface area contributed by atoms with Crippen molar-refractivity contribution in [3.05, 3.63) is 33.8 Å². The highest BCUT2D eigenvalue weighted by molar-refractivity contribution is 9.10. The minimum Gasteiger partial charge on any atom is -0.392 e. The summed E-state index contributed by atoms with van der Waals surface area (Å²) in [6.45, 7) is 4.85. The molecule has 1 atom stereocenters. The highest BCUT2D eigenvalue weighted by Crippen LogP contribution is 2.20. The van der Waals surface area contributed by atoms with E-state index >= 15 is 0 Å². The van der Waals surface area contributed by atoms with Gasteiger partial charge in [-0.2, -0.15) is 0 Å². The minimum absolute atomic E-state index is 0.126. The quantitative estimate of drug-likeness (QED) is 0.891. The van der Waals surface area contributed by atoms with Gasteiger partial charge in [-0.15, -0.1) is 0 Å². The van der Waals surface area contributed by atoms with Crippen molar-refractivity contribution in [3.8, 4) is 0 Å². The van der Waals surface area contributed by atoms with Gasteiger partial charge < -0.3 is 5.11 Å². The van der Waals surface area contributed by atoms with Crippen molar-refractivity contribution in [2.24, 2.45) is 0 Å². The highest BCUT2D eigenvalue weighted by atomic mass is 79.9. The third kappa shape index (κ3) is 2.80. The lowest BCUT2D eigenvalue weighted by Gasteiger charge is -2.15. The molecule has 1 saturated heterocycles. The maximum atomic E-state index is 9.43. The summed E-state index contributed by atoms with van der Waals surface area (Å²) in [7, 11) is 0. The third-order valence-corrected chi connectivity index (χ3v) is 3.74. The number of nitrogens with zero attached hydrogens (tertiary/aromatic N) is 1. The number of aliphatic hydroxyl groups is 1. The molecule has 2 rings (SSSR count). The molecule has 1 aliphatic heterocycles. The Kier molecular flexibility index (Phi) is 3.44. The molecule has 1 fully saturated rings. The van der Waals surface area contributed by atoms with Gasteiger partial charge in [0.2, 0.25) is 0 Å². The monoisotopic (exact) mass is 269 g/mol. The fourth-order valence-corrected chi connectivity index (χ4v) is 2.37. The molecule has 0 amide bonds. The summed E-state index contributed by atoms with van der Waals surface area (Å²) in [5, 5.41) is 9.43. The first kappa shape index (κ1) is 11.1. The van der Waals surface area contributed by atoms with Crippen molar-refractivity contribution >= 4 is 15.9 Å².